The van der Waals surface area contributed by atoms with E-state index in [1.807, 2.05) is 6.07 Å². The van der Waals surface area contributed by atoms with Crippen molar-refractivity contribution in [3.63, 3.8) is 0 Å². The number of nitrogens with zero attached hydrogens (tertiary/aromatic N) is 2. The molecule has 1 aliphatic rings. The Hall–Kier alpha value is -1.92. The van der Waals surface area contributed by atoms with Crippen molar-refractivity contribution in [3.8, 4) is 0 Å². The lowest BCUT2D eigenvalue weighted by atomic mass is 10.2. The summed E-state index contributed by atoms with van der Waals surface area (Å²) in [6.07, 6.45) is 2.05. The average molecular weight is 325 g/mol. The van der Waals surface area contributed by atoms with Crippen LogP contribution < -0.4 is 0 Å². The van der Waals surface area contributed by atoms with E-state index < -0.39 is 15.9 Å². The molecule has 0 unspecified atom stereocenters. The van der Waals surface area contributed by atoms with Crippen molar-refractivity contribution in [3.05, 3.63) is 59.9 Å². The van der Waals surface area contributed by atoms with Gasteiger partial charge in [-0.05, 0) is 24.3 Å². The van der Waals surface area contributed by atoms with Crippen molar-refractivity contribution in [1.82, 2.24) is 9.29 Å². The minimum atomic E-state index is -3.71. The maximum atomic E-state index is 12.3. The molecule has 5 nitrogen and oxygen atoms in total. The van der Waals surface area contributed by atoms with E-state index in [9.17, 15) is 13.2 Å². The van der Waals surface area contributed by atoms with Crippen molar-refractivity contribution in [2.45, 2.75) is 11.3 Å². The molecule has 0 bridgehead atoms. The molecule has 2 aromatic rings. The van der Waals surface area contributed by atoms with E-state index in [2.05, 4.69) is 4.98 Å². The molecule has 1 amide bonds. The molecule has 0 spiro atoms. The number of amides is 1. The second-order valence-corrected chi connectivity index (χ2v) is 6.28. The van der Waals surface area contributed by atoms with Gasteiger partial charge in [0.05, 0.1) is 5.56 Å². The molecule has 110 valence electrons. The largest absolute Gasteiger partial charge is 0.269 e. The molecular weight excluding hydrogens is 312 g/mol. The van der Waals surface area contributed by atoms with Gasteiger partial charge >= 0.3 is 0 Å². The highest BCUT2D eigenvalue weighted by Gasteiger charge is 2.40. The molecule has 1 aliphatic heterocycles. The highest BCUT2D eigenvalue weighted by atomic mass is 35.5. The molecule has 21 heavy (non-hydrogen) atoms. The number of carbonyl (C=O) groups is 1. The van der Waals surface area contributed by atoms with Gasteiger partial charge in [0.2, 0.25) is 0 Å². The Morgan fingerprint density at radius 2 is 1.76 bits per heavy atom. The van der Waals surface area contributed by atoms with E-state index in [1.165, 1.54) is 12.1 Å². The van der Waals surface area contributed by atoms with Crippen molar-refractivity contribution in [2.75, 3.05) is 6.54 Å². The summed E-state index contributed by atoms with van der Waals surface area (Å²) in [6.45, 7) is 0.104. The third-order valence-corrected chi connectivity index (χ3v) is 5.05. The van der Waals surface area contributed by atoms with Crippen LogP contribution in [-0.2, 0) is 16.4 Å². The number of rotatable bonds is 3. The lowest BCUT2D eigenvalue weighted by Gasteiger charge is -2.14. The first-order chi connectivity index (χ1) is 9.60. The summed E-state index contributed by atoms with van der Waals surface area (Å²) in [6, 6.07) is 11.7. The SMILES string of the molecule is Cl.O=C1c2ccccc2S(=O)(=O)N1CCc1ccccn1. The molecule has 0 atom stereocenters. The Labute approximate surface area is 129 Å². The normalized spacial score (nSPS) is 15.4. The number of hydrogen-bond donors (Lipinski definition) is 0. The molecule has 3 rings (SSSR count). The van der Waals surface area contributed by atoms with Gasteiger partial charge in [0, 0.05) is 24.9 Å². The molecule has 0 saturated heterocycles. The van der Waals surface area contributed by atoms with Gasteiger partial charge in [-0.2, -0.15) is 0 Å². The number of sulfonamides is 1. The Morgan fingerprint density at radius 3 is 2.43 bits per heavy atom. The Bertz CT molecular complexity index is 763. The number of fused-ring (bicyclic) bond motifs is 1. The van der Waals surface area contributed by atoms with Crippen molar-refractivity contribution in [2.24, 2.45) is 0 Å². The molecule has 2 heterocycles. The first kappa shape index (κ1) is 15.5. The van der Waals surface area contributed by atoms with Crippen LogP contribution in [0.1, 0.15) is 16.1 Å². The topological polar surface area (TPSA) is 67.3 Å². The minimum absolute atomic E-state index is 0. The monoisotopic (exact) mass is 324 g/mol. The third-order valence-electron chi connectivity index (χ3n) is 3.21. The molecule has 0 radical (unpaired) electrons. The molecule has 1 aromatic carbocycles. The summed E-state index contributed by atoms with van der Waals surface area (Å²) in [7, 11) is -3.71. The first-order valence-corrected chi connectivity index (χ1v) is 7.61. The second kappa shape index (κ2) is 5.83. The maximum Gasteiger partial charge on any atom is 0.269 e. The lowest BCUT2D eigenvalue weighted by molar-refractivity contribution is 0.0872. The standard InChI is InChI=1S/C14H12N2O3S.ClH/c17-14-12-6-1-2-7-13(12)20(18,19)16(14)10-8-11-5-3-4-9-15-11;/h1-7,9H,8,10H2;1H. The zero-order chi connectivity index (χ0) is 14.2. The number of aromatic nitrogens is 1. The highest BCUT2D eigenvalue weighted by Crippen LogP contribution is 2.29. The maximum absolute atomic E-state index is 12.3. The van der Waals surface area contributed by atoms with Crippen LogP contribution in [0.2, 0.25) is 0 Å². The van der Waals surface area contributed by atoms with Crippen molar-refractivity contribution >= 4 is 28.3 Å². The highest BCUT2D eigenvalue weighted by molar-refractivity contribution is 7.90. The van der Waals surface area contributed by atoms with E-state index >= 15 is 0 Å². The summed E-state index contributed by atoms with van der Waals surface area (Å²) in [4.78, 5) is 16.4. The van der Waals surface area contributed by atoms with Crippen LogP contribution in [0.4, 0.5) is 0 Å². The third kappa shape index (κ3) is 2.64. The van der Waals surface area contributed by atoms with E-state index in [1.54, 1.807) is 30.5 Å². The van der Waals surface area contributed by atoms with E-state index in [0.717, 1.165) is 10.00 Å². The summed E-state index contributed by atoms with van der Waals surface area (Å²) in [5.41, 5.74) is 1.000. The van der Waals surface area contributed by atoms with Crippen LogP contribution in [-0.4, -0.2) is 30.2 Å². The lowest BCUT2D eigenvalue weighted by Crippen LogP contribution is -2.32. The van der Waals surface area contributed by atoms with Gasteiger partial charge in [0.25, 0.3) is 15.9 Å². The van der Waals surface area contributed by atoms with Crippen molar-refractivity contribution < 1.29 is 13.2 Å². The van der Waals surface area contributed by atoms with Crippen molar-refractivity contribution in [1.29, 1.82) is 0 Å². The molecule has 1 aromatic heterocycles. The van der Waals surface area contributed by atoms with Gasteiger partial charge < -0.3 is 0 Å². The van der Waals surface area contributed by atoms with Gasteiger partial charge in [-0.25, -0.2) is 12.7 Å². The van der Waals surface area contributed by atoms with Gasteiger partial charge in [-0.15, -0.1) is 12.4 Å². The Kier molecular flexibility index (Phi) is 4.29. The van der Waals surface area contributed by atoms with Gasteiger partial charge in [0.15, 0.2) is 0 Å². The minimum Gasteiger partial charge on any atom is -0.268 e. The summed E-state index contributed by atoms with van der Waals surface area (Å²) >= 11 is 0. The van der Waals surface area contributed by atoms with Crippen LogP contribution >= 0.6 is 12.4 Å². The molecule has 0 saturated carbocycles. The number of hydrogen-bond acceptors (Lipinski definition) is 4. The van der Waals surface area contributed by atoms with E-state index in [-0.39, 0.29) is 29.4 Å². The second-order valence-electron chi connectivity index (χ2n) is 4.45. The van der Waals surface area contributed by atoms with Crippen LogP contribution in [0.25, 0.3) is 0 Å². The van der Waals surface area contributed by atoms with Gasteiger partial charge in [0.1, 0.15) is 4.90 Å². The van der Waals surface area contributed by atoms with Gasteiger partial charge in [-0.1, -0.05) is 18.2 Å². The van der Waals surface area contributed by atoms with E-state index in [0.29, 0.717) is 6.42 Å². The molecular formula is C14H13ClN2O3S. The zero-order valence-corrected chi connectivity index (χ0v) is 12.6. The molecule has 0 N–H and O–H groups in total. The quantitative estimate of drug-likeness (QED) is 0.864. The Balaban J connectivity index is 0.00000161. The number of pyridine rings is 1. The van der Waals surface area contributed by atoms with Crippen LogP contribution in [0.5, 0.6) is 0 Å². The molecule has 7 heteroatoms. The number of carbonyl (C=O) groups excluding carboxylic acids is 1. The fourth-order valence-corrected chi connectivity index (χ4v) is 3.78. The number of benzene rings is 1. The van der Waals surface area contributed by atoms with Crippen LogP contribution in [0, 0.1) is 0 Å². The fraction of sp³-hybridized carbons (Fsp3) is 0.143. The average Bonchev–Trinajstić information content (AvgIpc) is 2.66. The predicted octanol–water partition coefficient (Wildman–Crippen LogP) is 1.89. The smallest absolute Gasteiger partial charge is 0.268 e. The number of halogens is 1. The first-order valence-electron chi connectivity index (χ1n) is 6.17. The van der Waals surface area contributed by atoms with Crippen LogP contribution in [0.15, 0.2) is 53.6 Å². The van der Waals surface area contributed by atoms with Crippen LogP contribution in [0.3, 0.4) is 0 Å². The molecule has 0 aliphatic carbocycles. The summed E-state index contributed by atoms with van der Waals surface area (Å²) in [5, 5.41) is 0. The predicted molar refractivity (Wildman–Crippen MR) is 79.9 cm³/mol. The fourth-order valence-electron chi connectivity index (χ4n) is 2.21. The van der Waals surface area contributed by atoms with Gasteiger partial charge in [-0.3, -0.25) is 9.78 Å². The summed E-state index contributed by atoms with van der Waals surface area (Å²) in [5.74, 6) is -0.462. The Morgan fingerprint density at radius 1 is 1.05 bits per heavy atom. The molecule has 0 fully saturated rings. The summed E-state index contributed by atoms with van der Waals surface area (Å²) < 4.78 is 25.5. The van der Waals surface area contributed by atoms with E-state index in [4.69, 9.17) is 0 Å². The zero-order valence-electron chi connectivity index (χ0n) is 11.0.